The molecule has 1 amide bonds. The van der Waals surface area contributed by atoms with Crippen molar-refractivity contribution in [1.29, 1.82) is 0 Å². The lowest BCUT2D eigenvalue weighted by atomic mass is 9.50. The minimum Gasteiger partial charge on any atom is -0.508 e. The van der Waals surface area contributed by atoms with Gasteiger partial charge in [0.1, 0.15) is 11.9 Å². The molecule has 7 heteroatoms. The van der Waals surface area contributed by atoms with Crippen LogP contribution in [0, 0.1) is 11.8 Å². The zero-order valence-electron chi connectivity index (χ0n) is 27.2. The van der Waals surface area contributed by atoms with E-state index in [1.807, 2.05) is 6.08 Å². The van der Waals surface area contributed by atoms with Crippen LogP contribution in [0.4, 0.5) is 0 Å². The molecule has 1 saturated heterocycles. The summed E-state index contributed by atoms with van der Waals surface area (Å²) in [7, 11) is 0. The van der Waals surface area contributed by atoms with E-state index >= 15 is 0 Å². The van der Waals surface area contributed by atoms with Crippen LogP contribution in [-0.4, -0.2) is 64.6 Å². The van der Waals surface area contributed by atoms with E-state index in [9.17, 15) is 14.7 Å². The van der Waals surface area contributed by atoms with E-state index < -0.39 is 5.97 Å². The maximum absolute atomic E-state index is 14.1. The fourth-order valence-corrected chi connectivity index (χ4v) is 9.93. The molecule has 1 N–H and O–H groups in total. The first kappa shape index (κ1) is 31.4. The summed E-state index contributed by atoms with van der Waals surface area (Å²) in [4.78, 5) is 31.0. The van der Waals surface area contributed by atoms with E-state index in [0.717, 1.165) is 94.5 Å². The van der Waals surface area contributed by atoms with Gasteiger partial charge in [0, 0.05) is 55.1 Å². The quantitative estimate of drug-likeness (QED) is 0.112. The Hall–Kier alpha value is -2.54. The van der Waals surface area contributed by atoms with E-state index in [0.29, 0.717) is 23.8 Å². The second kappa shape index (κ2) is 13.4. The van der Waals surface area contributed by atoms with Crippen LogP contribution in [-0.2, 0) is 21.4 Å². The van der Waals surface area contributed by atoms with Crippen molar-refractivity contribution in [2.45, 2.75) is 140 Å². The number of carbonyl (C=O) groups excluding carboxylic acids is 2. The molecular weight excluding hydrogens is 552 g/mol. The van der Waals surface area contributed by atoms with Crippen molar-refractivity contribution in [2.24, 2.45) is 11.8 Å². The van der Waals surface area contributed by atoms with Crippen LogP contribution in [0.3, 0.4) is 0 Å². The fraction of sp³-hybridized carbons (Fsp3) is 0.730. The van der Waals surface area contributed by atoms with Crippen molar-refractivity contribution < 1.29 is 24.2 Å². The summed E-state index contributed by atoms with van der Waals surface area (Å²) in [6.45, 7) is 10.1. The number of rotatable bonds is 13. The van der Waals surface area contributed by atoms with E-state index in [4.69, 9.17) is 9.47 Å². The summed E-state index contributed by atoms with van der Waals surface area (Å²) in [5.41, 5.74) is 1.67. The molecule has 5 atom stereocenters. The van der Waals surface area contributed by atoms with Crippen LogP contribution < -0.4 is 9.47 Å². The van der Waals surface area contributed by atoms with Gasteiger partial charge in [-0.15, -0.1) is 6.58 Å². The van der Waals surface area contributed by atoms with Gasteiger partial charge in [-0.2, -0.15) is 0 Å². The number of amides is 1. The molecule has 1 aromatic rings. The lowest BCUT2D eigenvalue weighted by molar-refractivity contribution is -0.142. The molecule has 242 valence electrons. The van der Waals surface area contributed by atoms with E-state index in [2.05, 4.69) is 23.3 Å². The summed E-state index contributed by atoms with van der Waals surface area (Å²) >= 11 is 0. The van der Waals surface area contributed by atoms with E-state index in [1.54, 1.807) is 6.07 Å². The number of hydrogen-bond donors (Lipinski definition) is 1. The Balaban J connectivity index is 1.30. The highest BCUT2D eigenvalue weighted by molar-refractivity contribution is 5.77. The molecule has 2 heterocycles. The molecule has 2 bridgehead atoms. The number of ether oxygens (including phenoxy) is 2. The second-order valence-electron chi connectivity index (χ2n) is 14.3. The monoisotopic (exact) mass is 606 g/mol. The summed E-state index contributed by atoms with van der Waals surface area (Å²) in [5.74, 6) is 2.16. The lowest BCUT2D eigenvalue weighted by Gasteiger charge is -2.60. The van der Waals surface area contributed by atoms with Gasteiger partial charge in [0.2, 0.25) is 5.91 Å². The molecule has 44 heavy (non-hydrogen) atoms. The zero-order chi connectivity index (χ0) is 30.8. The lowest BCUT2D eigenvalue weighted by Crippen LogP contribution is -2.69. The van der Waals surface area contributed by atoms with Crippen LogP contribution in [0.25, 0.3) is 0 Å². The van der Waals surface area contributed by atoms with Gasteiger partial charge in [0.05, 0.1) is 6.04 Å². The highest BCUT2D eigenvalue weighted by Crippen LogP contribution is 2.65. The van der Waals surface area contributed by atoms with Crippen molar-refractivity contribution in [2.75, 3.05) is 19.6 Å². The number of benzene rings is 1. The molecule has 1 aromatic carbocycles. The Labute approximate surface area is 264 Å². The summed E-state index contributed by atoms with van der Waals surface area (Å²) in [5, 5.41) is 11.3. The molecule has 2 aliphatic heterocycles. The number of hydrogen-bond acceptors (Lipinski definition) is 6. The van der Waals surface area contributed by atoms with Crippen LogP contribution >= 0.6 is 0 Å². The minimum atomic E-state index is -0.427. The number of esters is 1. The van der Waals surface area contributed by atoms with Crippen molar-refractivity contribution >= 4 is 11.9 Å². The standard InChI is InChI=1S/C37H54N2O5/c1-4-6-12-21-39(33(42)16-11-10-15-26-13-8-7-9-14-26)29-18-17-28-30-23-27-31(41)24-32(43-25(3)40)35-34(27)37(28,36(29)44-35)19-22-38(30)20-5-2/h5,24,26,28-30,36,41H,2,4,6-23H2,1,3H3/t28-,29-,30+,36-,37-/m0/s1. The van der Waals surface area contributed by atoms with Gasteiger partial charge in [-0.3, -0.25) is 14.5 Å². The minimum absolute atomic E-state index is 0.0359. The van der Waals surface area contributed by atoms with Gasteiger partial charge in [0.15, 0.2) is 11.5 Å². The highest BCUT2D eigenvalue weighted by Gasteiger charge is 2.67. The smallest absolute Gasteiger partial charge is 0.308 e. The third-order valence-corrected chi connectivity index (χ3v) is 11.8. The van der Waals surface area contributed by atoms with Crippen LogP contribution in [0.2, 0.25) is 0 Å². The molecule has 3 fully saturated rings. The maximum atomic E-state index is 14.1. The number of aromatic hydroxyl groups is 1. The Kier molecular flexibility index (Phi) is 9.61. The summed E-state index contributed by atoms with van der Waals surface area (Å²) in [6, 6.07) is 1.82. The molecule has 1 spiro atoms. The first-order valence-corrected chi connectivity index (χ1v) is 17.8. The first-order valence-electron chi connectivity index (χ1n) is 17.8. The average molecular weight is 607 g/mol. The third-order valence-electron chi connectivity index (χ3n) is 11.8. The van der Waals surface area contributed by atoms with Gasteiger partial charge in [-0.05, 0) is 56.9 Å². The van der Waals surface area contributed by atoms with E-state index in [-0.39, 0.29) is 35.3 Å². The molecule has 0 unspecified atom stereocenters. The number of carbonyl (C=O) groups is 2. The normalized spacial score (nSPS) is 29.0. The number of phenolic OH excluding ortho intramolecular Hbond substituents is 1. The largest absolute Gasteiger partial charge is 0.508 e. The Morgan fingerprint density at radius 3 is 2.73 bits per heavy atom. The molecule has 3 aliphatic carbocycles. The van der Waals surface area contributed by atoms with Crippen LogP contribution in [0.15, 0.2) is 18.7 Å². The number of nitrogens with zero attached hydrogens (tertiary/aromatic N) is 2. The van der Waals surface area contributed by atoms with Gasteiger partial charge < -0.3 is 19.5 Å². The summed E-state index contributed by atoms with van der Waals surface area (Å²) in [6.07, 6.45) is 19.3. The van der Waals surface area contributed by atoms with Crippen LogP contribution in [0.5, 0.6) is 17.2 Å². The fourth-order valence-electron chi connectivity index (χ4n) is 9.93. The Morgan fingerprint density at radius 1 is 1.16 bits per heavy atom. The predicted octanol–water partition coefficient (Wildman–Crippen LogP) is 7.07. The molecule has 2 saturated carbocycles. The van der Waals surface area contributed by atoms with Gasteiger partial charge in [-0.25, -0.2) is 0 Å². The molecule has 0 aromatic heterocycles. The van der Waals surface area contributed by atoms with Gasteiger partial charge >= 0.3 is 5.97 Å². The van der Waals surface area contributed by atoms with Crippen molar-refractivity contribution in [3.05, 3.63) is 29.8 Å². The number of likely N-dealkylation sites (tertiary alicyclic amines) is 1. The van der Waals surface area contributed by atoms with Gasteiger partial charge in [-0.1, -0.05) is 70.8 Å². The SMILES string of the molecule is C=CCN1CC[C@]23c4c5c(O)cc(OC(C)=O)c4O[C@H]2[C@@H](N(CCCCC)C(=O)CCCCC2CCCCC2)CC[C@H]3[C@H]1C5. The molecular formula is C37H54N2O5. The zero-order valence-corrected chi connectivity index (χ0v) is 27.2. The molecule has 0 radical (unpaired) electrons. The van der Waals surface area contributed by atoms with Crippen LogP contribution in [0.1, 0.15) is 121 Å². The topological polar surface area (TPSA) is 79.3 Å². The number of phenols is 1. The highest BCUT2D eigenvalue weighted by atomic mass is 16.6. The predicted molar refractivity (Wildman–Crippen MR) is 172 cm³/mol. The number of piperidine rings is 1. The first-order chi connectivity index (χ1) is 21.4. The average Bonchev–Trinajstić information content (AvgIpc) is 3.35. The Morgan fingerprint density at radius 2 is 1.98 bits per heavy atom. The maximum Gasteiger partial charge on any atom is 0.308 e. The second-order valence-corrected chi connectivity index (χ2v) is 14.3. The third kappa shape index (κ3) is 5.67. The van der Waals surface area contributed by atoms with Gasteiger partial charge in [0.25, 0.3) is 0 Å². The Bertz CT molecular complexity index is 1220. The van der Waals surface area contributed by atoms with E-state index in [1.165, 1.54) is 45.4 Å². The summed E-state index contributed by atoms with van der Waals surface area (Å²) < 4.78 is 12.7. The molecule has 7 nitrogen and oxygen atoms in total. The molecule has 6 rings (SSSR count). The number of unbranched alkanes of at least 4 members (excludes halogenated alkanes) is 3. The van der Waals surface area contributed by atoms with Crippen molar-refractivity contribution in [1.82, 2.24) is 9.80 Å². The van der Waals surface area contributed by atoms with Crippen molar-refractivity contribution in [3.63, 3.8) is 0 Å². The molecule has 5 aliphatic rings. The van der Waals surface area contributed by atoms with Crippen molar-refractivity contribution in [3.8, 4) is 17.2 Å².